The zero-order chi connectivity index (χ0) is 19.7. The maximum absolute atomic E-state index is 14.4. The molecule has 0 aliphatic carbocycles. The summed E-state index contributed by atoms with van der Waals surface area (Å²) in [5.74, 6) is -0.464. The fourth-order valence-electron chi connectivity index (χ4n) is 3.65. The van der Waals surface area contributed by atoms with E-state index >= 15 is 0 Å². The lowest BCUT2D eigenvalue weighted by molar-refractivity contribution is 0.0994. The predicted octanol–water partition coefficient (Wildman–Crippen LogP) is 6.23. The Morgan fingerprint density at radius 1 is 0.821 bits per heavy atom. The molecule has 0 bridgehead atoms. The molecule has 0 N–H and O–H groups in total. The second-order valence-corrected chi connectivity index (χ2v) is 6.84. The Morgan fingerprint density at radius 3 is 2.18 bits per heavy atom. The number of para-hydroxylation sites is 1. The molecule has 0 aliphatic rings. The first-order valence-corrected chi connectivity index (χ1v) is 9.18. The molecule has 0 fully saturated rings. The summed E-state index contributed by atoms with van der Waals surface area (Å²) in [6, 6.07) is 26.3. The van der Waals surface area contributed by atoms with Crippen molar-refractivity contribution in [1.82, 2.24) is 0 Å². The number of nitrogens with zero attached hydrogens (tertiary/aromatic N) is 1. The van der Waals surface area contributed by atoms with Crippen LogP contribution in [0.4, 0.5) is 10.1 Å². The van der Waals surface area contributed by atoms with Gasteiger partial charge in [0, 0.05) is 18.0 Å². The van der Waals surface area contributed by atoms with Gasteiger partial charge in [-0.3, -0.25) is 4.79 Å². The number of carbonyl (C=O) groups is 1. The van der Waals surface area contributed by atoms with E-state index in [9.17, 15) is 9.18 Å². The third kappa shape index (κ3) is 3.05. The quantitative estimate of drug-likeness (QED) is 0.419. The highest BCUT2D eigenvalue weighted by Gasteiger charge is 2.22. The molecule has 28 heavy (non-hydrogen) atoms. The van der Waals surface area contributed by atoms with Crippen LogP contribution in [-0.4, -0.2) is 13.0 Å². The van der Waals surface area contributed by atoms with Crippen LogP contribution >= 0.6 is 0 Å². The van der Waals surface area contributed by atoms with Gasteiger partial charge in [0.15, 0.2) is 0 Å². The SMILES string of the molecule is Cc1cc(F)c2ccccc2c1C(=O)N(C)c1ccccc1-c1ccccc1. The lowest BCUT2D eigenvalue weighted by atomic mass is 9.97. The largest absolute Gasteiger partial charge is 0.311 e. The van der Waals surface area contributed by atoms with Crippen LogP contribution < -0.4 is 4.90 Å². The molecular weight excluding hydrogens is 349 g/mol. The second-order valence-electron chi connectivity index (χ2n) is 6.84. The predicted molar refractivity (Wildman–Crippen MR) is 113 cm³/mol. The molecular formula is C25H20FNO. The van der Waals surface area contributed by atoms with Crippen LogP contribution in [-0.2, 0) is 0 Å². The molecule has 0 radical (unpaired) electrons. The van der Waals surface area contributed by atoms with Gasteiger partial charge in [0.25, 0.3) is 5.91 Å². The first kappa shape index (κ1) is 17.9. The fourth-order valence-corrected chi connectivity index (χ4v) is 3.65. The minimum atomic E-state index is -0.308. The van der Waals surface area contributed by atoms with Crippen molar-refractivity contribution >= 4 is 22.4 Å². The zero-order valence-corrected chi connectivity index (χ0v) is 15.8. The lowest BCUT2D eigenvalue weighted by Gasteiger charge is -2.23. The Kier molecular flexibility index (Phi) is 4.66. The summed E-state index contributed by atoms with van der Waals surface area (Å²) < 4.78 is 14.4. The zero-order valence-electron chi connectivity index (χ0n) is 15.8. The normalized spacial score (nSPS) is 10.8. The van der Waals surface area contributed by atoms with Crippen LogP contribution in [0.25, 0.3) is 21.9 Å². The molecule has 0 saturated carbocycles. The smallest absolute Gasteiger partial charge is 0.258 e. The molecule has 4 rings (SSSR count). The topological polar surface area (TPSA) is 20.3 Å². The molecule has 3 heteroatoms. The lowest BCUT2D eigenvalue weighted by Crippen LogP contribution is -2.27. The van der Waals surface area contributed by atoms with E-state index < -0.39 is 0 Å². The highest BCUT2D eigenvalue weighted by Crippen LogP contribution is 2.33. The summed E-state index contributed by atoms with van der Waals surface area (Å²) in [7, 11) is 1.77. The van der Waals surface area contributed by atoms with Crippen LogP contribution in [0, 0.1) is 12.7 Å². The number of hydrogen-bond donors (Lipinski definition) is 0. The van der Waals surface area contributed by atoms with Gasteiger partial charge in [-0.1, -0.05) is 72.8 Å². The van der Waals surface area contributed by atoms with Gasteiger partial charge in [0.1, 0.15) is 5.82 Å². The Morgan fingerprint density at radius 2 is 1.43 bits per heavy atom. The molecule has 0 aliphatic heterocycles. The van der Waals surface area contributed by atoms with Crippen LogP contribution in [0.1, 0.15) is 15.9 Å². The first-order chi connectivity index (χ1) is 13.6. The van der Waals surface area contributed by atoms with Crippen molar-refractivity contribution in [2.24, 2.45) is 0 Å². The third-order valence-corrected chi connectivity index (χ3v) is 5.06. The van der Waals surface area contributed by atoms with E-state index in [4.69, 9.17) is 0 Å². The average Bonchev–Trinajstić information content (AvgIpc) is 2.74. The summed E-state index contributed by atoms with van der Waals surface area (Å²) >= 11 is 0. The van der Waals surface area contributed by atoms with E-state index in [0.29, 0.717) is 21.9 Å². The van der Waals surface area contributed by atoms with Crippen LogP contribution in [0.5, 0.6) is 0 Å². The van der Waals surface area contributed by atoms with Crippen molar-refractivity contribution < 1.29 is 9.18 Å². The standard InChI is InChI=1S/C25H20FNO/c1-17-16-22(26)20-13-6-7-14-21(20)24(17)25(28)27(2)23-15-9-8-12-19(23)18-10-4-3-5-11-18/h3-16H,1-2H3. The van der Waals surface area contributed by atoms with E-state index in [0.717, 1.165) is 16.8 Å². The van der Waals surface area contributed by atoms with Gasteiger partial charge < -0.3 is 4.90 Å². The summed E-state index contributed by atoms with van der Waals surface area (Å²) in [6.07, 6.45) is 0. The molecule has 0 saturated heterocycles. The van der Waals surface area contributed by atoms with Crippen LogP contribution in [0.15, 0.2) is 84.9 Å². The molecule has 0 heterocycles. The fraction of sp³-hybridized carbons (Fsp3) is 0.0800. The van der Waals surface area contributed by atoms with Gasteiger partial charge in [-0.25, -0.2) is 4.39 Å². The van der Waals surface area contributed by atoms with Crippen LogP contribution in [0.2, 0.25) is 0 Å². The summed E-state index contributed by atoms with van der Waals surface area (Å²) in [4.78, 5) is 15.1. The van der Waals surface area contributed by atoms with Gasteiger partial charge in [-0.2, -0.15) is 0 Å². The van der Waals surface area contributed by atoms with Crippen molar-refractivity contribution in [2.45, 2.75) is 6.92 Å². The molecule has 0 unspecified atom stereocenters. The molecule has 138 valence electrons. The minimum absolute atomic E-state index is 0.155. The molecule has 0 atom stereocenters. The highest BCUT2D eigenvalue weighted by molar-refractivity contribution is 6.16. The number of anilines is 1. The van der Waals surface area contributed by atoms with Gasteiger partial charge in [0.2, 0.25) is 0 Å². The van der Waals surface area contributed by atoms with E-state index in [1.807, 2.05) is 60.7 Å². The number of fused-ring (bicyclic) bond motifs is 1. The number of rotatable bonds is 3. The number of hydrogen-bond acceptors (Lipinski definition) is 1. The van der Waals surface area contributed by atoms with E-state index in [2.05, 4.69) is 0 Å². The Hall–Kier alpha value is -3.46. The van der Waals surface area contributed by atoms with E-state index in [-0.39, 0.29) is 11.7 Å². The number of aryl methyl sites for hydroxylation is 1. The highest BCUT2D eigenvalue weighted by atomic mass is 19.1. The Labute approximate surface area is 163 Å². The van der Waals surface area contributed by atoms with Gasteiger partial charge in [0.05, 0.1) is 11.3 Å². The summed E-state index contributed by atoms with van der Waals surface area (Å²) in [5, 5.41) is 1.09. The van der Waals surface area contributed by atoms with Crippen LogP contribution in [0.3, 0.4) is 0 Å². The van der Waals surface area contributed by atoms with Crippen molar-refractivity contribution in [1.29, 1.82) is 0 Å². The Bertz CT molecular complexity index is 1170. The molecule has 0 spiro atoms. The number of amides is 1. The van der Waals surface area contributed by atoms with Gasteiger partial charge in [-0.15, -0.1) is 0 Å². The van der Waals surface area contributed by atoms with Gasteiger partial charge >= 0.3 is 0 Å². The minimum Gasteiger partial charge on any atom is -0.311 e. The van der Waals surface area contributed by atoms with Crippen molar-refractivity contribution in [3.05, 3.63) is 102 Å². The van der Waals surface area contributed by atoms with E-state index in [1.165, 1.54) is 6.07 Å². The average molecular weight is 369 g/mol. The maximum atomic E-state index is 14.4. The third-order valence-electron chi connectivity index (χ3n) is 5.06. The molecule has 4 aromatic carbocycles. The van der Waals surface area contributed by atoms with Gasteiger partial charge in [-0.05, 0) is 35.6 Å². The monoisotopic (exact) mass is 369 g/mol. The second kappa shape index (κ2) is 7.28. The van der Waals surface area contributed by atoms with Crippen molar-refractivity contribution in [2.75, 3.05) is 11.9 Å². The Balaban J connectivity index is 1.85. The first-order valence-electron chi connectivity index (χ1n) is 9.18. The maximum Gasteiger partial charge on any atom is 0.258 e. The molecule has 1 amide bonds. The van der Waals surface area contributed by atoms with E-state index in [1.54, 1.807) is 37.1 Å². The molecule has 2 nitrogen and oxygen atoms in total. The number of halogens is 1. The summed E-state index contributed by atoms with van der Waals surface area (Å²) in [5.41, 5.74) is 3.99. The number of benzene rings is 4. The van der Waals surface area contributed by atoms with Crippen molar-refractivity contribution in [3.63, 3.8) is 0 Å². The molecule has 0 aromatic heterocycles. The number of carbonyl (C=O) groups excluding carboxylic acids is 1. The molecule has 4 aromatic rings. The van der Waals surface area contributed by atoms with Crippen molar-refractivity contribution in [3.8, 4) is 11.1 Å². The summed E-state index contributed by atoms with van der Waals surface area (Å²) in [6.45, 7) is 1.78.